The van der Waals surface area contributed by atoms with Gasteiger partial charge in [0.15, 0.2) is 0 Å². The van der Waals surface area contributed by atoms with Gasteiger partial charge in [-0.25, -0.2) is 4.39 Å². The van der Waals surface area contributed by atoms with Gasteiger partial charge in [-0.1, -0.05) is 35.0 Å². The molecular formula is C15H9BrClFN2O. The fourth-order valence-electron chi connectivity index (χ4n) is 2.07. The van der Waals surface area contributed by atoms with Gasteiger partial charge in [0, 0.05) is 16.1 Å². The van der Waals surface area contributed by atoms with E-state index in [0.717, 1.165) is 0 Å². The molecule has 0 bridgehead atoms. The zero-order valence-electron chi connectivity index (χ0n) is 10.6. The second kappa shape index (κ2) is 5.50. The van der Waals surface area contributed by atoms with Crippen LogP contribution in [-0.2, 0) is 0 Å². The lowest BCUT2D eigenvalue weighted by atomic mass is 10.0. The quantitative estimate of drug-likeness (QED) is 0.682. The maximum Gasteiger partial charge on any atom is 0.230 e. The number of nitrogen functional groups attached to an aromatic ring is 1. The maximum atomic E-state index is 13.4. The van der Waals surface area contributed by atoms with Crippen LogP contribution < -0.4 is 5.73 Å². The highest BCUT2D eigenvalue weighted by molar-refractivity contribution is 9.10. The van der Waals surface area contributed by atoms with Gasteiger partial charge in [-0.3, -0.25) is 0 Å². The van der Waals surface area contributed by atoms with Gasteiger partial charge in [0.25, 0.3) is 0 Å². The summed E-state index contributed by atoms with van der Waals surface area (Å²) in [4.78, 5) is 0. The average Bonchev–Trinajstić information content (AvgIpc) is 2.84. The number of hydrogen-bond donors (Lipinski definition) is 1. The van der Waals surface area contributed by atoms with Crippen LogP contribution in [0.15, 0.2) is 51.5 Å². The van der Waals surface area contributed by atoms with Crippen LogP contribution in [0.2, 0.25) is 5.02 Å². The molecule has 0 amide bonds. The molecule has 0 radical (unpaired) electrons. The summed E-state index contributed by atoms with van der Waals surface area (Å²) in [5.74, 6) is -0.187. The third kappa shape index (κ3) is 2.54. The van der Waals surface area contributed by atoms with Crippen molar-refractivity contribution < 1.29 is 8.91 Å². The highest BCUT2D eigenvalue weighted by atomic mass is 79.9. The third-order valence-corrected chi connectivity index (χ3v) is 3.99. The molecule has 0 aliphatic rings. The van der Waals surface area contributed by atoms with E-state index < -0.39 is 0 Å². The Labute approximate surface area is 133 Å². The summed E-state index contributed by atoms with van der Waals surface area (Å²) < 4.78 is 18.8. The van der Waals surface area contributed by atoms with Crippen molar-refractivity contribution in [3.63, 3.8) is 0 Å². The average molecular weight is 368 g/mol. The van der Waals surface area contributed by atoms with Crippen molar-refractivity contribution in [1.29, 1.82) is 0 Å². The van der Waals surface area contributed by atoms with Gasteiger partial charge < -0.3 is 10.3 Å². The lowest BCUT2D eigenvalue weighted by Gasteiger charge is -2.05. The molecule has 6 heteroatoms. The normalized spacial score (nSPS) is 10.8. The molecule has 0 aliphatic heterocycles. The van der Waals surface area contributed by atoms with Crippen LogP contribution in [0.5, 0.6) is 0 Å². The van der Waals surface area contributed by atoms with Crippen LogP contribution in [0.4, 0.5) is 10.3 Å². The van der Waals surface area contributed by atoms with Crippen LogP contribution in [0, 0.1) is 5.82 Å². The minimum Gasteiger partial charge on any atom is -0.367 e. The molecule has 21 heavy (non-hydrogen) atoms. The number of aromatic nitrogens is 1. The van der Waals surface area contributed by atoms with Crippen molar-refractivity contribution in [3.05, 3.63) is 57.8 Å². The highest BCUT2D eigenvalue weighted by Gasteiger charge is 2.19. The second-order valence-electron chi connectivity index (χ2n) is 4.38. The maximum absolute atomic E-state index is 13.4. The van der Waals surface area contributed by atoms with E-state index in [2.05, 4.69) is 21.1 Å². The minimum atomic E-state index is -0.352. The van der Waals surface area contributed by atoms with Gasteiger partial charge in [-0.2, -0.15) is 0 Å². The molecule has 106 valence electrons. The molecule has 0 atom stereocenters. The number of nitrogens with zero attached hydrogens (tertiary/aromatic N) is 1. The van der Waals surface area contributed by atoms with E-state index in [4.69, 9.17) is 21.9 Å². The zero-order chi connectivity index (χ0) is 15.0. The summed E-state index contributed by atoms with van der Waals surface area (Å²) in [5.41, 5.74) is 8.38. The second-order valence-corrected chi connectivity index (χ2v) is 5.64. The summed E-state index contributed by atoms with van der Waals surface area (Å²) in [6.45, 7) is 0. The monoisotopic (exact) mass is 366 g/mol. The Morgan fingerprint density at radius 3 is 2.67 bits per heavy atom. The van der Waals surface area contributed by atoms with Gasteiger partial charge in [-0.05, 0) is 40.2 Å². The lowest BCUT2D eigenvalue weighted by Crippen LogP contribution is -1.89. The van der Waals surface area contributed by atoms with E-state index in [1.807, 2.05) is 18.2 Å². The molecule has 0 unspecified atom stereocenters. The largest absolute Gasteiger partial charge is 0.367 e. The summed E-state index contributed by atoms with van der Waals surface area (Å²) in [5, 5.41) is 4.51. The van der Waals surface area contributed by atoms with Crippen molar-refractivity contribution in [2.75, 3.05) is 5.73 Å². The first-order valence-electron chi connectivity index (χ1n) is 6.03. The lowest BCUT2D eigenvalue weighted by molar-refractivity contribution is 0.439. The van der Waals surface area contributed by atoms with Crippen LogP contribution in [-0.4, -0.2) is 5.16 Å². The Hall–Kier alpha value is -1.85. The topological polar surface area (TPSA) is 52.0 Å². The van der Waals surface area contributed by atoms with Crippen molar-refractivity contribution in [2.45, 2.75) is 0 Å². The molecule has 0 aliphatic carbocycles. The van der Waals surface area contributed by atoms with Crippen LogP contribution in [0.25, 0.3) is 22.4 Å². The first kappa shape index (κ1) is 14.1. The third-order valence-electron chi connectivity index (χ3n) is 3.05. The number of anilines is 1. The number of hydrogen-bond acceptors (Lipinski definition) is 3. The van der Waals surface area contributed by atoms with E-state index in [-0.39, 0.29) is 11.7 Å². The van der Waals surface area contributed by atoms with E-state index >= 15 is 0 Å². The number of benzene rings is 2. The first-order valence-corrected chi connectivity index (χ1v) is 7.20. The van der Waals surface area contributed by atoms with E-state index in [0.29, 0.717) is 31.9 Å². The number of halogens is 3. The Balaban J connectivity index is 2.22. The predicted octanol–water partition coefficient (Wildman–Crippen LogP) is 5.15. The number of nitrogens with two attached hydrogens (primary N) is 1. The van der Waals surface area contributed by atoms with E-state index in [1.54, 1.807) is 18.2 Å². The van der Waals surface area contributed by atoms with Crippen molar-refractivity contribution >= 4 is 33.4 Å². The van der Waals surface area contributed by atoms with Gasteiger partial charge in [0.1, 0.15) is 11.5 Å². The fourth-order valence-corrected chi connectivity index (χ4v) is 2.68. The van der Waals surface area contributed by atoms with Crippen LogP contribution in [0.3, 0.4) is 0 Å². The van der Waals surface area contributed by atoms with Crippen molar-refractivity contribution in [2.24, 2.45) is 0 Å². The Kier molecular flexibility index (Phi) is 3.69. The van der Waals surface area contributed by atoms with Crippen LogP contribution >= 0.6 is 27.5 Å². The Morgan fingerprint density at radius 1 is 1.19 bits per heavy atom. The van der Waals surface area contributed by atoms with Crippen molar-refractivity contribution in [3.8, 4) is 22.4 Å². The minimum absolute atomic E-state index is 0.165. The molecule has 0 saturated carbocycles. The molecule has 2 N–H and O–H groups in total. The van der Waals surface area contributed by atoms with Gasteiger partial charge in [0.2, 0.25) is 5.88 Å². The molecule has 1 heterocycles. The van der Waals surface area contributed by atoms with E-state index in [9.17, 15) is 4.39 Å². The molecule has 0 fully saturated rings. The van der Waals surface area contributed by atoms with Gasteiger partial charge >= 0.3 is 0 Å². The highest BCUT2D eigenvalue weighted by Crippen LogP contribution is 2.40. The standard InChI is InChI=1S/C15H9BrClFN2O/c16-10-7-8(5-6-12(10)18)14-13(15(19)21-20-14)9-3-1-2-4-11(9)17/h1-7H,19H2. The molecular weight excluding hydrogens is 359 g/mol. The van der Waals surface area contributed by atoms with Gasteiger partial charge in [-0.15, -0.1) is 0 Å². The zero-order valence-corrected chi connectivity index (χ0v) is 13.0. The molecule has 3 nitrogen and oxygen atoms in total. The smallest absolute Gasteiger partial charge is 0.230 e. The van der Waals surface area contributed by atoms with Crippen molar-refractivity contribution in [1.82, 2.24) is 5.16 Å². The number of rotatable bonds is 2. The molecule has 2 aromatic carbocycles. The SMILES string of the molecule is Nc1onc(-c2ccc(F)c(Br)c2)c1-c1ccccc1Cl. The first-order chi connectivity index (χ1) is 10.1. The molecule has 0 spiro atoms. The van der Waals surface area contributed by atoms with Crippen LogP contribution in [0.1, 0.15) is 0 Å². The van der Waals surface area contributed by atoms with E-state index in [1.165, 1.54) is 6.07 Å². The summed E-state index contributed by atoms with van der Waals surface area (Å²) in [7, 11) is 0. The van der Waals surface area contributed by atoms with Gasteiger partial charge in [0.05, 0.1) is 10.0 Å². The predicted molar refractivity (Wildman–Crippen MR) is 84.5 cm³/mol. The Bertz CT molecular complexity index is 819. The Morgan fingerprint density at radius 2 is 1.95 bits per heavy atom. The summed E-state index contributed by atoms with van der Waals surface area (Å²) in [6, 6.07) is 11.8. The molecule has 0 saturated heterocycles. The molecule has 3 rings (SSSR count). The summed E-state index contributed by atoms with van der Waals surface area (Å²) in [6.07, 6.45) is 0. The molecule has 1 aromatic heterocycles. The molecule has 3 aromatic rings. The summed E-state index contributed by atoms with van der Waals surface area (Å²) >= 11 is 9.36. The fraction of sp³-hybridized carbons (Fsp3) is 0.